The number of benzene rings is 1. The van der Waals surface area contributed by atoms with E-state index in [1.807, 2.05) is 12.3 Å². The maximum atomic E-state index is 13.1. The third-order valence-corrected chi connectivity index (χ3v) is 6.72. The Kier molecular flexibility index (Phi) is 7.86. The van der Waals surface area contributed by atoms with Crippen molar-refractivity contribution in [3.05, 3.63) is 51.3 Å². The molecule has 0 aliphatic carbocycles. The molecular formula is C23H26Cl2N6O2. The lowest BCUT2D eigenvalue weighted by molar-refractivity contribution is 0.0903. The Hall–Kier alpha value is -2.60. The average molecular weight is 489 g/mol. The van der Waals surface area contributed by atoms with Crippen LogP contribution in [0.15, 0.2) is 24.4 Å². The number of hydrogen-bond donors (Lipinski definition) is 2. The zero-order valence-electron chi connectivity index (χ0n) is 18.2. The molecule has 0 radical (unpaired) electrons. The number of nitrogens with zero attached hydrogens (tertiary/aromatic N) is 4. The molecule has 0 bridgehead atoms. The normalized spacial score (nSPS) is 17.1. The van der Waals surface area contributed by atoms with Gasteiger partial charge in [-0.15, -0.1) is 0 Å². The van der Waals surface area contributed by atoms with Crippen molar-refractivity contribution in [2.75, 3.05) is 25.1 Å². The van der Waals surface area contributed by atoms with Crippen LogP contribution in [0.5, 0.6) is 0 Å². The Morgan fingerprint density at radius 3 is 2.88 bits per heavy atom. The SMILES string of the molecule is N#CCC[C@@H](NC(=O)N1CCc2cnc(NC3CCOCC3)nc2C1)c1ccc(Cl)c(Cl)c1. The van der Waals surface area contributed by atoms with Gasteiger partial charge in [0.2, 0.25) is 5.95 Å². The molecule has 8 nitrogen and oxygen atoms in total. The van der Waals surface area contributed by atoms with Crippen LogP contribution in [0.3, 0.4) is 0 Å². The van der Waals surface area contributed by atoms with Gasteiger partial charge in [-0.3, -0.25) is 0 Å². The van der Waals surface area contributed by atoms with E-state index in [0.717, 1.165) is 42.9 Å². The lowest BCUT2D eigenvalue weighted by atomic mass is 10.0. The molecule has 0 spiro atoms. The van der Waals surface area contributed by atoms with Gasteiger partial charge in [0.05, 0.1) is 34.4 Å². The summed E-state index contributed by atoms with van der Waals surface area (Å²) in [4.78, 5) is 24.0. The van der Waals surface area contributed by atoms with Crippen LogP contribution in [-0.4, -0.2) is 46.7 Å². The van der Waals surface area contributed by atoms with E-state index < -0.39 is 0 Å². The zero-order chi connectivity index (χ0) is 23.2. The maximum absolute atomic E-state index is 13.1. The van der Waals surface area contributed by atoms with Crippen LogP contribution >= 0.6 is 23.2 Å². The van der Waals surface area contributed by atoms with E-state index in [9.17, 15) is 4.79 Å². The molecular weight excluding hydrogens is 463 g/mol. The van der Waals surface area contributed by atoms with Crippen LogP contribution in [0.4, 0.5) is 10.7 Å². The minimum atomic E-state index is -0.343. The first-order chi connectivity index (χ1) is 16.0. The van der Waals surface area contributed by atoms with Crippen LogP contribution < -0.4 is 10.6 Å². The van der Waals surface area contributed by atoms with Crippen molar-refractivity contribution in [1.82, 2.24) is 20.2 Å². The van der Waals surface area contributed by atoms with Crippen LogP contribution in [0.1, 0.15) is 48.5 Å². The van der Waals surface area contributed by atoms with Crippen LogP contribution in [0.2, 0.25) is 10.0 Å². The Labute approximate surface area is 203 Å². The van der Waals surface area contributed by atoms with E-state index in [0.29, 0.717) is 54.4 Å². The van der Waals surface area contributed by atoms with Gasteiger partial charge in [0, 0.05) is 38.4 Å². The van der Waals surface area contributed by atoms with Crippen LogP contribution in [0.25, 0.3) is 0 Å². The molecule has 2 aromatic rings. The molecule has 3 heterocycles. The van der Waals surface area contributed by atoms with Crippen LogP contribution in [0, 0.1) is 11.3 Å². The standard InChI is InChI=1S/C23H26Cl2N6O2/c24-18-4-3-15(12-19(18)25)20(2-1-8-26)30-23(32)31-9-5-16-13-27-22(29-21(16)14-31)28-17-6-10-33-11-7-17/h3-4,12-13,17,20H,1-2,5-7,9-11,14H2,(H,30,32)(H,27,28,29)/t20-/m1/s1. The summed E-state index contributed by atoms with van der Waals surface area (Å²) in [5.74, 6) is 0.589. The average Bonchev–Trinajstić information content (AvgIpc) is 2.83. The van der Waals surface area contributed by atoms with Crippen molar-refractivity contribution < 1.29 is 9.53 Å². The van der Waals surface area contributed by atoms with Crippen molar-refractivity contribution in [2.24, 2.45) is 0 Å². The zero-order valence-corrected chi connectivity index (χ0v) is 19.7. The number of nitriles is 1. The van der Waals surface area contributed by atoms with Crippen molar-refractivity contribution in [3.63, 3.8) is 0 Å². The van der Waals surface area contributed by atoms with E-state index in [2.05, 4.69) is 26.7 Å². The molecule has 33 heavy (non-hydrogen) atoms. The van der Waals surface area contributed by atoms with Gasteiger partial charge in [0.25, 0.3) is 0 Å². The maximum Gasteiger partial charge on any atom is 0.318 e. The summed E-state index contributed by atoms with van der Waals surface area (Å²) in [6, 6.07) is 7.16. The van der Waals surface area contributed by atoms with Crippen molar-refractivity contribution in [2.45, 2.75) is 50.7 Å². The Bertz CT molecular complexity index is 1040. The highest BCUT2D eigenvalue weighted by Crippen LogP contribution is 2.28. The summed E-state index contributed by atoms with van der Waals surface area (Å²) in [6.07, 6.45) is 5.18. The summed E-state index contributed by atoms with van der Waals surface area (Å²) in [5, 5.41) is 16.4. The quantitative estimate of drug-likeness (QED) is 0.620. The van der Waals surface area contributed by atoms with Crippen molar-refractivity contribution in [1.29, 1.82) is 5.26 Å². The fourth-order valence-electron chi connectivity index (χ4n) is 4.07. The molecule has 1 saturated heterocycles. The summed E-state index contributed by atoms with van der Waals surface area (Å²) in [6.45, 7) is 2.45. The second-order valence-electron chi connectivity index (χ2n) is 8.24. The fraction of sp³-hybridized carbons (Fsp3) is 0.478. The molecule has 1 aromatic carbocycles. The minimum Gasteiger partial charge on any atom is -0.381 e. The number of ether oxygens (including phenoxy) is 1. The lowest BCUT2D eigenvalue weighted by Crippen LogP contribution is -2.44. The molecule has 2 aliphatic heterocycles. The number of nitrogens with one attached hydrogen (secondary N) is 2. The number of aromatic nitrogens is 2. The molecule has 2 aliphatic rings. The second-order valence-corrected chi connectivity index (χ2v) is 9.05. The number of hydrogen-bond acceptors (Lipinski definition) is 6. The van der Waals surface area contributed by atoms with Gasteiger partial charge in [-0.1, -0.05) is 29.3 Å². The Balaban J connectivity index is 1.43. The van der Waals surface area contributed by atoms with E-state index in [4.69, 9.17) is 33.2 Å². The molecule has 1 atom stereocenters. The number of rotatable bonds is 6. The third-order valence-electron chi connectivity index (χ3n) is 5.98. The number of fused-ring (bicyclic) bond motifs is 1. The Morgan fingerprint density at radius 2 is 2.12 bits per heavy atom. The first-order valence-electron chi connectivity index (χ1n) is 11.1. The van der Waals surface area contributed by atoms with Gasteiger partial charge in [-0.2, -0.15) is 5.26 Å². The lowest BCUT2D eigenvalue weighted by Gasteiger charge is -2.30. The number of carbonyl (C=O) groups excluding carboxylic acids is 1. The van der Waals surface area contributed by atoms with E-state index >= 15 is 0 Å². The fourth-order valence-corrected chi connectivity index (χ4v) is 4.38. The predicted molar refractivity (Wildman–Crippen MR) is 126 cm³/mol. The second kappa shape index (κ2) is 11.0. The summed E-state index contributed by atoms with van der Waals surface area (Å²) >= 11 is 12.2. The number of carbonyl (C=O) groups is 1. The number of amides is 2. The molecule has 4 rings (SSSR count). The van der Waals surface area contributed by atoms with E-state index in [1.165, 1.54) is 0 Å². The number of halogens is 2. The molecule has 10 heteroatoms. The first kappa shape index (κ1) is 23.6. The third kappa shape index (κ3) is 6.05. The number of anilines is 1. The van der Waals surface area contributed by atoms with Gasteiger partial charge in [0.1, 0.15) is 0 Å². The predicted octanol–water partition coefficient (Wildman–Crippen LogP) is 4.49. The highest BCUT2D eigenvalue weighted by molar-refractivity contribution is 6.42. The largest absolute Gasteiger partial charge is 0.381 e. The van der Waals surface area contributed by atoms with Gasteiger partial charge < -0.3 is 20.3 Å². The summed E-state index contributed by atoms with van der Waals surface area (Å²) < 4.78 is 5.41. The van der Waals surface area contributed by atoms with E-state index in [1.54, 1.807) is 17.0 Å². The first-order valence-corrected chi connectivity index (χ1v) is 11.9. The van der Waals surface area contributed by atoms with E-state index in [-0.39, 0.29) is 12.1 Å². The van der Waals surface area contributed by atoms with Gasteiger partial charge >= 0.3 is 6.03 Å². The van der Waals surface area contributed by atoms with Gasteiger partial charge in [-0.05, 0) is 48.9 Å². The van der Waals surface area contributed by atoms with Crippen molar-refractivity contribution >= 4 is 35.2 Å². The number of urea groups is 1. The molecule has 2 amide bonds. The Morgan fingerprint density at radius 1 is 1.30 bits per heavy atom. The molecule has 0 unspecified atom stereocenters. The molecule has 1 aromatic heterocycles. The molecule has 1 fully saturated rings. The minimum absolute atomic E-state index is 0.202. The molecule has 2 N–H and O–H groups in total. The van der Waals surface area contributed by atoms with Gasteiger partial charge in [0.15, 0.2) is 0 Å². The highest BCUT2D eigenvalue weighted by atomic mass is 35.5. The topological polar surface area (TPSA) is 103 Å². The molecule has 0 saturated carbocycles. The smallest absolute Gasteiger partial charge is 0.318 e. The monoisotopic (exact) mass is 488 g/mol. The van der Waals surface area contributed by atoms with Crippen molar-refractivity contribution in [3.8, 4) is 6.07 Å². The van der Waals surface area contributed by atoms with Gasteiger partial charge in [-0.25, -0.2) is 14.8 Å². The molecule has 174 valence electrons. The summed E-state index contributed by atoms with van der Waals surface area (Å²) in [7, 11) is 0. The highest BCUT2D eigenvalue weighted by Gasteiger charge is 2.25. The van der Waals surface area contributed by atoms with Crippen LogP contribution in [-0.2, 0) is 17.7 Å². The summed E-state index contributed by atoms with van der Waals surface area (Å²) in [5.41, 5.74) is 2.72.